The molecule has 3 rings (SSSR count). The summed E-state index contributed by atoms with van der Waals surface area (Å²) in [4.78, 5) is 14.7. The van der Waals surface area contributed by atoms with E-state index in [1.54, 1.807) is 0 Å². The number of hydrogen-bond acceptors (Lipinski definition) is 3. The largest absolute Gasteiger partial charge is 0.381 e. The third-order valence-corrected chi connectivity index (χ3v) is 5.22. The van der Waals surface area contributed by atoms with Crippen molar-refractivity contribution in [1.29, 1.82) is 0 Å². The Bertz CT molecular complexity index is 530. The number of ether oxygens (including phenoxy) is 1. The van der Waals surface area contributed by atoms with Gasteiger partial charge >= 0.3 is 0 Å². The molecule has 2 aliphatic heterocycles. The third kappa shape index (κ3) is 3.03. The highest BCUT2D eigenvalue weighted by Gasteiger charge is 2.40. The lowest BCUT2D eigenvalue weighted by atomic mass is 9.85. The van der Waals surface area contributed by atoms with E-state index in [-0.39, 0.29) is 5.91 Å². The van der Waals surface area contributed by atoms with Crippen LogP contribution in [0.1, 0.15) is 42.7 Å². The summed E-state index contributed by atoms with van der Waals surface area (Å²) in [5, 5.41) is 0. The van der Waals surface area contributed by atoms with Crippen molar-refractivity contribution in [2.24, 2.45) is 5.73 Å². The maximum Gasteiger partial charge on any atom is 0.242 e. The lowest BCUT2D eigenvalue weighted by Gasteiger charge is -2.40. The van der Waals surface area contributed by atoms with Gasteiger partial charge in [0.15, 0.2) is 0 Å². The molecule has 4 heteroatoms. The topological polar surface area (TPSA) is 55.6 Å². The van der Waals surface area contributed by atoms with Gasteiger partial charge in [0.2, 0.25) is 5.91 Å². The summed E-state index contributed by atoms with van der Waals surface area (Å²) in [7, 11) is 0. The zero-order chi connectivity index (χ0) is 15.6. The van der Waals surface area contributed by atoms with Crippen molar-refractivity contribution in [3.8, 4) is 0 Å². The third-order valence-electron chi connectivity index (χ3n) is 5.22. The summed E-state index contributed by atoms with van der Waals surface area (Å²) in [6, 6.07) is 8.59. The molecule has 1 aromatic carbocycles. The van der Waals surface area contributed by atoms with Crippen LogP contribution in [0.3, 0.4) is 0 Å². The normalized spacial score (nSPS) is 22.5. The fourth-order valence-electron chi connectivity index (χ4n) is 3.70. The predicted molar refractivity (Wildman–Crippen MR) is 86.7 cm³/mol. The van der Waals surface area contributed by atoms with E-state index in [0.717, 1.165) is 25.9 Å². The molecule has 0 aliphatic carbocycles. The number of amides is 1. The monoisotopic (exact) mass is 302 g/mol. The number of carbonyl (C=O) groups is 1. The number of carbonyl (C=O) groups excluding carboxylic acids is 1. The first kappa shape index (κ1) is 15.5. The van der Waals surface area contributed by atoms with Crippen LogP contribution in [-0.4, -0.2) is 42.6 Å². The summed E-state index contributed by atoms with van der Waals surface area (Å²) < 4.78 is 5.34. The van der Waals surface area contributed by atoms with E-state index < -0.39 is 5.54 Å². The van der Waals surface area contributed by atoms with E-state index in [9.17, 15) is 4.79 Å². The van der Waals surface area contributed by atoms with Gasteiger partial charge in [0.25, 0.3) is 0 Å². The summed E-state index contributed by atoms with van der Waals surface area (Å²) in [5.41, 5.74) is 8.42. The van der Waals surface area contributed by atoms with Gasteiger partial charge in [-0.3, -0.25) is 4.79 Å². The Balaban J connectivity index is 1.62. The van der Waals surface area contributed by atoms with E-state index in [0.29, 0.717) is 32.0 Å². The van der Waals surface area contributed by atoms with Gasteiger partial charge in [-0.15, -0.1) is 0 Å². The van der Waals surface area contributed by atoms with Crippen LogP contribution < -0.4 is 5.73 Å². The second-order valence-electron chi connectivity index (χ2n) is 6.69. The Labute approximate surface area is 132 Å². The Hall–Kier alpha value is -1.39. The Kier molecular flexibility index (Phi) is 4.50. The standard InChI is InChI=1S/C18H26N2O2/c1-14-4-2-3-5-16(14)15-6-10-20(11-7-15)17(21)18(19)8-12-22-13-9-18/h2-5,15H,6-13,19H2,1H3. The number of rotatable bonds is 2. The molecule has 0 radical (unpaired) electrons. The minimum atomic E-state index is -0.701. The highest BCUT2D eigenvalue weighted by Crippen LogP contribution is 2.31. The number of likely N-dealkylation sites (tertiary alicyclic amines) is 1. The predicted octanol–water partition coefficient (Wildman–Crippen LogP) is 2.21. The highest BCUT2D eigenvalue weighted by molar-refractivity contribution is 5.86. The SMILES string of the molecule is Cc1ccccc1C1CCN(C(=O)C2(N)CCOCC2)CC1. The van der Waals surface area contributed by atoms with Crippen molar-refractivity contribution in [3.05, 3.63) is 35.4 Å². The van der Waals surface area contributed by atoms with Gasteiger partial charge < -0.3 is 15.4 Å². The molecule has 0 unspecified atom stereocenters. The molecule has 2 aliphatic rings. The molecular weight excluding hydrogens is 276 g/mol. The van der Waals surface area contributed by atoms with Gasteiger partial charge in [-0.25, -0.2) is 0 Å². The van der Waals surface area contributed by atoms with E-state index in [1.807, 2.05) is 4.90 Å². The van der Waals surface area contributed by atoms with Crippen LogP contribution in [0.5, 0.6) is 0 Å². The van der Waals surface area contributed by atoms with Crippen LogP contribution in [0.15, 0.2) is 24.3 Å². The van der Waals surface area contributed by atoms with Gasteiger partial charge in [0, 0.05) is 26.3 Å². The first-order valence-electron chi connectivity index (χ1n) is 8.32. The Morgan fingerprint density at radius 3 is 2.50 bits per heavy atom. The van der Waals surface area contributed by atoms with Crippen LogP contribution in [0.2, 0.25) is 0 Å². The van der Waals surface area contributed by atoms with Gasteiger partial charge in [-0.05, 0) is 49.7 Å². The molecule has 0 aromatic heterocycles. The molecule has 2 fully saturated rings. The second-order valence-corrected chi connectivity index (χ2v) is 6.69. The lowest BCUT2D eigenvalue weighted by molar-refractivity contribution is -0.141. The lowest BCUT2D eigenvalue weighted by Crippen LogP contribution is -2.59. The van der Waals surface area contributed by atoms with E-state index in [4.69, 9.17) is 10.5 Å². The maximum absolute atomic E-state index is 12.7. The Morgan fingerprint density at radius 1 is 1.23 bits per heavy atom. The molecule has 4 nitrogen and oxygen atoms in total. The molecule has 0 spiro atoms. The molecule has 1 amide bonds. The molecule has 22 heavy (non-hydrogen) atoms. The van der Waals surface area contributed by atoms with E-state index in [1.165, 1.54) is 11.1 Å². The zero-order valence-electron chi connectivity index (χ0n) is 13.4. The molecule has 2 heterocycles. The van der Waals surface area contributed by atoms with Crippen LogP contribution in [-0.2, 0) is 9.53 Å². The van der Waals surface area contributed by atoms with Crippen molar-refractivity contribution < 1.29 is 9.53 Å². The summed E-state index contributed by atoms with van der Waals surface area (Å²) in [5.74, 6) is 0.688. The number of nitrogens with two attached hydrogens (primary N) is 1. The average molecular weight is 302 g/mol. The smallest absolute Gasteiger partial charge is 0.242 e. The van der Waals surface area contributed by atoms with Gasteiger partial charge in [-0.1, -0.05) is 24.3 Å². The molecule has 2 saturated heterocycles. The molecule has 1 aromatic rings. The summed E-state index contributed by atoms with van der Waals surface area (Å²) >= 11 is 0. The quantitative estimate of drug-likeness (QED) is 0.911. The van der Waals surface area contributed by atoms with Crippen molar-refractivity contribution in [3.63, 3.8) is 0 Å². The van der Waals surface area contributed by atoms with Crippen LogP contribution in [0.4, 0.5) is 0 Å². The first-order chi connectivity index (χ1) is 10.6. The second kappa shape index (κ2) is 6.39. The van der Waals surface area contributed by atoms with Crippen molar-refractivity contribution in [2.75, 3.05) is 26.3 Å². The van der Waals surface area contributed by atoms with Gasteiger partial charge in [0.05, 0.1) is 5.54 Å². The van der Waals surface area contributed by atoms with Crippen molar-refractivity contribution in [1.82, 2.24) is 4.90 Å². The van der Waals surface area contributed by atoms with Crippen LogP contribution in [0, 0.1) is 6.92 Å². The van der Waals surface area contributed by atoms with Gasteiger partial charge in [0.1, 0.15) is 0 Å². The first-order valence-corrected chi connectivity index (χ1v) is 8.32. The van der Waals surface area contributed by atoms with Crippen LogP contribution >= 0.6 is 0 Å². The number of piperidine rings is 1. The Morgan fingerprint density at radius 2 is 1.86 bits per heavy atom. The molecule has 120 valence electrons. The van der Waals surface area contributed by atoms with E-state index >= 15 is 0 Å². The fraction of sp³-hybridized carbons (Fsp3) is 0.611. The summed E-state index contributed by atoms with van der Waals surface area (Å²) in [6.07, 6.45) is 3.35. The molecule has 0 bridgehead atoms. The molecular formula is C18H26N2O2. The minimum Gasteiger partial charge on any atom is -0.381 e. The summed E-state index contributed by atoms with van der Waals surface area (Å²) in [6.45, 7) is 5.00. The number of aryl methyl sites for hydroxylation is 1. The van der Waals surface area contributed by atoms with Crippen molar-refractivity contribution >= 4 is 5.91 Å². The van der Waals surface area contributed by atoms with Crippen molar-refractivity contribution in [2.45, 2.75) is 44.1 Å². The van der Waals surface area contributed by atoms with Crippen LogP contribution in [0.25, 0.3) is 0 Å². The van der Waals surface area contributed by atoms with Gasteiger partial charge in [-0.2, -0.15) is 0 Å². The average Bonchev–Trinajstić information content (AvgIpc) is 2.55. The molecule has 0 saturated carbocycles. The number of benzene rings is 1. The fourth-order valence-corrected chi connectivity index (χ4v) is 3.70. The molecule has 2 N–H and O–H groups in total. The minimum absolute atomic E-state index is 0.124. The highest BCUT2D eigenvalue weighted by atomic mass is 16.5. The molecule has 0 atom stereocenters. The zero-order valence-corrected chi connectivity index (χ0v) is 13.4. The van der Waals surface area contributed by atoms with E-state index in [2.05, 4.69) is 31.2 Å². The number of hydrogen-bond donors (Lipinski definition) is 1. The number of nitrogens with zero attached hydrogens (tertiary/aromatic N) is 1. The maximum atomic E-state index is 12.7.